The molecule has 4 amide bonds. The van der Waals surface area contributed by atoms with E-state index in [-0.39, 0.29) is 48.7 Å². The van der Waals surface area contributed by atoms with Gasteiger partial charge in [-0.3, -0.25) is 9.59 Å². The van der Waals surface area contributed by atoms with Gasteiger partial charge in [0.1, 0.15) is 18.0 Å². The highest BCUT2D eigenvalue weighted by Crippen LogP contribution is 2.33. The molecule has 1 aromatic rings. The zero-order valence-corrected chi connectivity index (χ0v) is 21.1. The average molecular weight is 488 g/mol. The molecular weight excluding hydrogens is 449 g/mol. The van der Waals surface area contributed by atoms with Crippen molar-refractivity contribution in [2.75, 3.05) is 20.1 Å². The zero-order chi connectivity index (χ0) is 25.1. The highest BCUT2D eigenvalue weighted by molar-refractivity contribution is 5.91. The summed E-state index contributed by atoms with van der Waals surface area (Å²) in [6, 6.07) is 5.27. The Labute approximate surface area is 207 Å². The van der Waals surface area contributed by atoms with E-state index in [1.807, 2.05) is 4.90 Å². The lowest BCUT2D eigenvalue weighted by molar-refractivity contribution is -0.190. The molecule has 3 fully saturated rings. The van der Waals surface area contributed by atoms with Crippen LogP contribution in [-0.2, 0) is 16.1 Å². The summed E-state index contributed by atoms with van der Waals surface area (Å²) in [5.74, 6) is -0.140. The van der Waals surface area contributed by atoms with E-state index in [4.69, 9.17) is 0 Å². The molecule has 1 unspecified atom stereocenters. The first-order valence-electron chi connectivity index (χ1n) is 12.9. The van der Waals surface area contributed by atoms with E-state index >= 15 is 0 Å². The Morgan fingerprint density at radius 1 is 1.14 bits per heavy atom. The molecular formula is C26H38FN5O3. The number of hydrogen-bond donors (Lipinski definition) is 1. The van der Waals surface area contributed by atoms with Crippen molar-refractivity contribution >= 4 is 17.8 Å². The summed E-state index contributed by atoms with van der Waals surface area (Å²) in [6.07, 6.45) is 6.27. The van der Waals surface area contributed by atoms with E-state index in [2.05, 4.69) is 19.2 Å². The van der Waals surface area contributed by atoms with Gasteiger partial charge in [0.2, 0.25) is 11.8 Å². The number of amides is 4. The van der Waals surface area contributed by atoms with Gasteiger partial charge in [-0.2, -0.15) is 0 Å². The van der Waals surface area contributed by atoms with Crippen LogP contribution in [0.1, 0.15) is 64.4 Å². The van der Waals surface area contributed by atoms with Gasteiger partial charge in [-0.1, -0.05) is 51.7 Å². The van der Waals surface area contributed by atoms with Gasteiger partial charge in [-0.25, -0.2) is 19.2 Å². The fraction of sp³-hybridized carbons (Fsp3) is 0.654. The maximum atomic E-state index is 13.7. The van der Waals surface area contributed by atoms with Gasteiger partial charge in [0.05, 0.1) is 13.1 Å². The van der Waals surface area contributed by atoms with Crippen LogP contribution < -0.4 is 5.32 Å². The minimum Gasteiger partial charge on any atom is -0.334 e. The normalized spacial score (nSPS) is 25.0. The summed E-state index contributed by atoms with van der Waals surface area (Å²) < 4.78 is 13.3. The first kappa shape index (κ1) is 25.4. The molecule has 8 nitrogen and oxygen atoms in total. The SMILES string of the molecule is CCC(C)C[C@H]1C(=O)N(C2CCCCC2)C[C@H]2N1C(=O)CN(C)N2C(=O)NCc1ccc(F)cc1. The Morgan fingerprint density at radius 2 is 1.83 bits per heavy atom. The van der Waals surface area contributed by atoms with Crippen molar-refractivity contribution in [3.05, 3.63) is 35.6 Å². The smallest absolute Gasteiger partial charge is 0.334 e. The Morgan fingerprint density at radius 3 is 2.49 bits per heavy atom. The predicted octanol–water partition coefficient (Wildman–Crippen LogP) is 3.33. The van der Waals surface area contributed by atoms with E-state index in [0.717, 1.165) is 37.7 Å². The topological polar surface area (TPSA) is 76.2 Å². The van der Waals surface area contributed by atoms with Crippen LogP contribution in [-0.4, -0.2) is 76.0 Å². The maximum Gasteiger partial charge on any atom is 0.334 e. The third-order valence-electron chi connectivity index (χ3n) is 7.79. The van der Waals surface area contributed by atoms with Crippen molar-refractivity contribution in [1.82, 2.24) is 25.1 Å². The molecule has 192 valence electrons. The number of hydrazine groups is 1. The molecule has 0 spiro atoms. The number of piperazine rings is 1. The molecule has 1 aromatic carbocycles. The number of likely N-dealkylation sites (N-methyl/N-ethyl adjacent to an activating group) is 1. The Kier molecular flexibility index (Phi) is 7.94. The summed E-state index contributed by atoms with van der Waals surface area (Å²) in [5.41, 5.74) is 0.782. The first-order chi connectivity index (χ1) is 16.8. The molecule has 2 saturated heterocycles. The standard InChI is InChI=1S/C26H38FN5O3/c1-4-18(2)14-22-25(34)30(21-8-6-5-7-9-21)16-23-31(22)24(33)17-29(3)32(23)26(35)28-15-19-10-12-20(27)13-11-19/h10-13,18,21-23H,4-9,14-17H2,1-3H3,(H,28,35)/t18?,22-,23-/m0/s1. The van der Waals surface area contributed by atoms with E-state index in [1.54, 1.807) is 34.1 Å². The minimum atomic E-state index is -0.556. The Bertz CT molecular complexity index is 920. The highest BCUT2D eigenvalue weighted by atomic mass is 19.1. The maximum absolute atomic E-state index is 13.7. The Balaban J connectivity index is 1.59. The zero-order valence-electron chi connectivity index (χ0n) is 21.1. The van der Waals surface area contributed by atoms with Crippen LogP contribution in [0.15, 0.2) is 24.3 Å². The number of hydrogen-bond acceptors (Lipinski definition) is 4. The molecule has 1 saturated carbocycles. The first-order valence-corrected chi connectivity index (χ1v) is 12.9. The van der Waals surface area contributed by atoms with Crippen LogP contribution in [0, 0.1) is 11.7 Å². The summed E-state index contributed by atoms with van der Waals surface area (Å²) in [4.78, 5) is 44.0. The number of benzene rings is 1. The average Bonchev–Trinajstić information content (AvgIpc) is 2.85. The number of nitrogens with one attached hydrogen (secondary N) is 1. The number of urea groups is 1. The molecule has 2 aliphatic heterocycles. The number of fused-ring (bicyclic) bond motifs is 1. The number of carbonyl (C=O) groups is 3. The van der Waals surface area contributed by atoms with Crippen molar-refractivity contribution in [3.63, 3.8) is 0 Å². The van der Waals surface area contributed by atoms with Gasteiger partial charge in [0.25, 0.3) is 0 Å². The number of halogens is 1. The second-order valence-electron chi connectivity index (χ2n) is 10.3. The van der Waals surface area contributed by atoms with Gasteiger partial charge >= 0.3 is 6.03 Å². The number of rotatable bonds is 6. The van der Waals surface area contributed by atoms with Crippen molar-refractivity contribution in [1.29, 1.82) is 0 Å². The third kappa shape index (κ3) is 5.44. The van der Waals surface area contributed by atoms with E-state index in [0.29, 0.717) is 13.0 Å². The fourth-order valence-corrected chi connectivity index (χ4v) is 5.62. The summed E-state index contributed by atoms with van der Waals surface area (Å²) >= 11 is 0. The molecule has 1 N–H and O–H groups in total. The monoisotopic (exact) mass is 487 g/mol. The van der Waals surface area contributed by atoms with Gasteiger partial charge in [-0.15, -0.1) is 0 Å². The molecule has 0 radical (unpaired) electrons. The lowest BCUT2D eigenvalue weighted by Gasteiger charge is -2.56. The van der Waals surface area contributed by atoms with Crippen LogP contribution in [0.25, 0.3) is 0 Å². The van der Waals surface area contributed by atoms with E-state index < -0.39 is 12.2 Å². The largest absolute Gasteiger partial charge is 0.334 e. The van der Waals surface area contributed by atoms with Crippen LogP contribution in [0.2, 0.25) is 0 Å². The van der Waals surface area contributed by atoms with E-state index in [9.17, 15) is 18.8 Å². The van der Waals surface area contributed by atoms with Crippen LogP contribution >= 0.6 is 0 Å². The van der Waals surface area contributed by atoms with Crippen molar-refractivity contribution < 1.29 is 18.8 Å². The Hall–Kier alpha value is -2.68. The van der Waals surface area contributed by atoms with Gasteiger partial charge < -0.3 is 15.1 Å². The molecule has 9 heteroatoms. The summed E-state index contributed by atoms with van der Waals surface area (Å²) in [5, 5.41) is 6.17. The molecule has 0 bridgehead atoms. The second-order valence-corrected chi connectivity index (χ2v) is 10.3. The molecule has 2 heterocycles. The molecule has 3 aliphatic rings. The quantitative estimate of drug-likeness (QED) is 0.668. The van der Waals surface area contributed by atoms with Gasteiger partial charge in [0, 0.05) is 19.6 Å². The highest BCUT2D eigenvalue weighted by Gasteiger charge is 2.51. The third-order valence-corrected chi connectivity index (χ3v) is 7.79. The van der Waals surface area contributed by atoms with Crippen molar-refractivity contribution in [3.8, 4) is 0 Å². The van der Waals surface area contributed by atoms with Crippen LogP contribution in [0.4, 0.5) is 9.18 Å². The van der Waals surface area contributed by atoms with Gasteiger partial charge in [-0.05, 0) is 42.9 Å². The predicted molar refractivity (Wildman–Crippen MR) is 130 cm³/mol. The summed E-state index contributed by atoms with van der Waals surface area (Å²) in [6.45, 7) is 4.80. The molecule has 3 atom stereocenters. The minimum absolute atomic E-state index is 0.0259. The number of carbonyl (C=O) groups excluding carboxylic acids is 3. The molecule has 1 aliphatic carbocycles. The molecule has 35 heavy (non-hydrogen) atoms. The lowest BCUT2D eigenvalue weighted by Crippen LogP contribution is -2.76. The van der Waals surface area contributed by atoms with Crippen molar-refractivity contribution in [2.24, 2.45) is 5.92 Å². The summed E-state index contributed by atoms with van der Waals surface area (Å²) in [7, 11) is 1.73. The van der Waals surface area contributed by atoms with E-state index in [1.165, 1.54) is 18.6 Å². The fourth-order valence-electron chi connectivity index (χ4n) is 5.62. The molecule has 4 rings (SSSR count). The number of nitrogens with zero attached hydrogens (tertiary/aromatic N) is 4. The second kappa shape index (κ2) is 10.9. The van der Waals surface area contributed by atoms with Gasteiger partial charge in [0.15, 0.2) is 0 Å². The van der Waals surface area contributed by atoms with Crippen molar-refractivity contribution in [2.45, 2.75) is 83.6 Å². The molecule has 0 aromatic heterocycles. The van der Waals surface area contributed by atoms with Crippen LogP contribution in [0.3, 0.4) is 0 Å². The lowest BCUT2D eigenvalue weighted by atomic mass is 9.90. The van der Waals surface area contributed by atoms with Crippen LogP contribution in [0.5, 0.6) is 0 Å².